The second-order valence-electron chi connectivity index (χ2n) is 6.98. The fourth-order valence-electron chi connectivity index (χ4n) is 4.98. The van der Waals surface area contributed by atoms with Crippen LogP contribution in [0, 0.1) is 11.8 Å². The van der Waals surface area contributed by atoms with Gasteiger partial charge in [0.25, 0.3) is 0 Å². The number of piperidine rings is 1. The van der Waals surface area contributed by atoms with E-state index in [0.717, 1.165) is 6.04 Å². The van der Waals surface area contributed by atoms with E-state index >= 15 is 0 Å². The van der Waals surface area contributed by atoms with Crippen molar-refractivity contribution in [3.8, 4) is 0 Å². The van der Waals surface area contributed by atoms with Crippen LogP contribution in [0.3, 0.4) is 0 Å². The minimum atomic E-state index is 0.0272. The monoisotopic (exact) mass is 238 g/mol. The highest BCUT2D eigenvalue weighted by molar-refractivity contribution is 4.92. The summed E-state index contributed by atoms with van der Waals surface area (Å²) in [5, 5.41) is 10.5. The fourth-order valence-corrected chi connectivity index (χ4v) is 4.98. The molecule has 0 unspecified atom stereocenters. The highest BCUT2D eigenvalue weighted by Crippen LogP contribution is 2.44. The van der Waals surface area contributed by atoms with Crippen LogP contribution in [-0.4, -0.2) is 41.9 Å². The zero-order chi connectivity index (χ0) is 11.9. The maximum Gasteiger partial charge on any atom is 0.0941 e. The highest BCUT2D eigenvalue weighted by atomic mass is 16.3. The van der Waals surface area contributed by atoms with Gasteiger partial charge < -0.3 is 9.59 Å². The standard InChI is InChI=1S/C15H28NO/c1-16(10-3-2-4-11-16)14-9-8-12-6-5-7-13(14)15(12)17/h12-15,17H,2-11H2,1H3/q+1/t12-,13+,14-,15+/m1/s1. The maximum absolute atomic E-state index is 10.5. The summed E-state index contributed by atoms with van der Waals surface area (Å²) in [5.41, 5.74) is 0. The summed E-state index contributed by atoms with van der Waals surface area (Å²) >= 11 is 0. The van der Waals surface area contributed by atoms with Crippen LogP contribution in [0.5, 0.6) is 0 Å². The number of fused-ring (bicyclic) bond motifs is 2. The van der Waals surface area contributed by atoms with Gasteiger partial charge in [0, 0.05) is 12.3 Å². The molecule has 3 rings (SSSR count). The SMILES string of the molecule is C[N+]1([C@@H]2CC[C@H]3CCC[C@@H]2[C@H]3O)CCCCC1. The summed E-state index contributed by atoms with van der Waals surface area (Å²) in [6.45, 7) is 2.72. The molecule has 3 aliphatic rings. The van der Waals surface area contributed by atoms with Gasteiger partial charge in [0.15, 0.2) is 0 Å². The summed E-state index contributed by atoms with van der Waals surface area (Å²) < 4.78 is 1.27. The van der Waals surface area contributed by atoms with Crippen molar-refractivity contribution in [2.45, 2.75) is 63.5 Å². The lowest BCUT2D eigenvalue weighted by Crippen LogP contribution is -2.62. The lowest BCUT2D eigenvalue weighted by atomic mass is 9.66. The Balaban J connectivity index is 1.77. The number of aliphatic hydroxyl groups excluding tert-OH is 1. The van der Waals surface area contributed by atoms with E-state index in [1.807, 2.05) is 0 Å². The van der Waals surface area contributed by atoms with Crippen molar-refractivity contribution in [3.63, 3.8) is 0 Å². The second kappa shape index (κ2) is 4.55. The van der Waals surface area contributed by atoms with E-state index in [4.69, 9.17) is 0 Å². The minimum absolute atomic E-state index is 0.0272. The van der Waals surface area contributed by atoms with Gasteiger partial charge in [0.1, 0.15) is 0 Å². The minimum Gasteiger partial charge on any atom is -0.392 e. The molecule has 3 fully saturated rings. The van der Waals surface area contributed by atoms with Crippen molar-refractivity contribution in [1.82, 2.24) is 0 Å². The van der Waals surface area contributed by atoms with Gasteiger partial charge >= 0.3 is 0 Å². The number of likely N-dealkylation sites (tertiary alicyclic amines) is 1. The number of aliphatic hydroxyl groups is 1. The highest BCUT2D eigenvalue weighted by Gasteiger charge is 2.48. The number of hydrogen-bond acceptors (Lipinski definition) is 1. The molecule has 2 saturated carbocycles. The van der Waals surface area contributed by atoms with Gasteiger partial charge in [-0.3, -0.25) is 0 Å². The van der Waals surface area contributed by atoms with Gasteiger partial charge in [-0.05, 0) is 44.4 Å². The molecule has 2 aliphatic carbocycles. The van der Waals surface area contributed by atoms with Crippen LogP contribution in [0.15, 0.2) is 0 Å². The third-order valence-electron chi connectivity index (χ3n) is 6.00. The van der Waals surface area contributed by atoms with Crippen LogP contribution in [0.2, 0.25) is 0 Å². The van der Waals surface area contributed by atoms with E-state index in [1.54, 1.807) is 0 Å². The topological polar surface area (TPSA) is 20.2 Å². The summed E-state index contributed by atoms with van der Waals surface area (Å²) in [5.74, 6) is 1.26. The quantitative estimate of drug-likeness (QED) is 0.696. The summed E-state index contributed by atoms with van der Waals surface area (Å²) in [4.78, 5) is 0. The van der Waals surface area contributed by atoms with E-state index in [9.17, 15) is 5.11 Å². The Bertz CT molecular complexity index is 272. The van der Waals surface area contributed by atoms with Gasteiger partial charge in [0.2, 0.25) is 0 Å². The molecule has 0 spiro atoms. The summed E-state index contributed by atoms with van der Waals surface area (Å²) in [7, 11) is 2.46. The Morgan fingerprint density at radius 1 is 0.882 bits per heavy atom. The lowest BCUT2D eigenvalue weighted by Gasteiger charge is -2.53. The third kappa shape index (κ3) is 2.04. The zero-order valence-electron chi connectivity index (χ0n) is 11.3. The van der Waals surface area contributed by atoms with Crippen molar-refractivity contribution >= 4 is 0 Å². The van der Waals surface area contributed by atoms with Gasteiger partial charge in [-0.1, -0.05) is 6.42 Å². The van der Waals surface area contributed by atoms with Gasteiger partial charge in [-0.2, -0.15) is 0 Å². The molecule has 1 saturated heterocycles. The van der Waals surface area contributed by atoms with E-state index in [0.29, 0.717) is 11.8 Å². The smallest absolute Gasteiger partial charge is 0.0941 e. The molecule has 2 bridgehead atoms. The largest absolute Gasteiger partial charge is 0.392 e. The summed E-state index contributed by atoms with van der Waals surface area (Å²) in [6, 6.07) is 0.766. The number of rotatable bonds is 1. The predicted molar refractivity (Wildman–Crippen MR) is 69.6 cm³/mol. The zero-order valence-corrected chi connectivity index (χ0v) is 11.3. The Hall–Kier alpha value is -0.0800. The first-order valence-corrected chi connectivity index (χ1v) is 7.73. The Kier molecular flexibility index (Phi) is 3.20. The molecule has 17 heavy (non-hydrogen) atoms. The lowest BCUT2D eigenvalue weighted by molar-refractivity contribution is -0.943. The molecule has 2 nitrogen and oxygen atoms in total. The van der Waals surface area contributed by atoms with Gasteiger partial charge in [-0.25, -0.2) is 0 Å². The molecule has 98 valence electrons. The van der Waals surface area contributed by atoms with E-state index < -0.39 is 0 Å². The normalized spacial score (nSPS) is 45.5. The van der Waals surface area contributed by atoms with Crippen LogP contribution in [0.4, 0.5) is 0 Å². The van der Waals surface area contributed by atoms with Gasteiger partial charge in [-0.15, -0.1) is 0 Å². The first-order chi connectivity index (χ1) is 8.21. The second-order valence-corrected chi connectivity index (χ2v) is 6.98. The average Bonchev–Trinajstić information content (AvgIpc) is 2.29. The Labute approximate surface area is 106 Å². The Morgan fingerprint density at radius 3 is 2.41 bits per heavy atom. The fraction of sp³-hybridized carbons (Fsp3) is 1.00. The van der Waals surface area contributed by atoms with Gasteiger partial charge in [0.05, 0.1) is 32.3 Å². The molecule has 0 amide bonds. The molecule has 0 aromatic carbocycles. The first-order valence-electron chi connectivity index (χ1n) is 7.73. The van der Waals surface area contributed by atoms with Crippen molar-refractivity contribution in [2.75, 3.05) is 20.1 Å². The van der Waals surface area contributed by atoms with E-state index in [2.05, 4.69) is 7.05 Å². The van der Waals surface area contributed by atoms with E-state index in [-0.39, 0.29) is 6.10 Å². The maximum atomic E-state index is 10.5. The van der Waals surface area contributed by atoms with Crippen LogP contribution < -0.4 is 0 Å². The average molecular weight is 238 g/mol. The van der Waals surface area contributed by atoms with Crippen LogP contribution in [-0.2, 0) is 0 Å². The van der Waals surface area contributed by atoms with Crippen molar-refractivity contribution in [3.05, 3.63) is 0 Å². The summed E-state index contributed by atoms with van der Waals surface area (Å²) in [6.07, 6.45) is 10.9. The molecule has 1 heterocycles. The van der Waals surface area contributed by atoms with Crippen LogP contribution in [0.25, 0.3) is 0 Å². The van der Waals surface area contributed by atoms with Crippen LogP contribution >= 0.6 is 0 Å². The van der Waals surface area contributed by atoms with Crippen molar-refractivity contribution in [1.29, 1.82) is 0 Å². The molecule has 0 aromatic rings. The molecule has 1 N–H and O–H groups in total. The molecule has 2 heteroatoms. The van der Waals surface area contributed by atoms with E-state index in [1.165, 1.54) is 68.9 Å². The van der Waals surface area contributed by atoms with Crippen molar-refractivity contribution in [2.24, 2.45) is 11.8 Å². The first kappa shape index (κ1) is 12.0. The molecule has 4 atom stereocenters. The predicted octanol–water partition coefficient (Wildman–Crippen LogP) is 2.56. The third-order valence-corrected chi connectivity index (χ3v) is 6.00. The van der Waals surface area contributed by atoms with Crippen LogP contribution in [0.1, 0.15) is 51.4 Å². The molecule has 0 radical (unpaired) electrons. The number of quaternary nitrogens is 1. The molecular formula is C15H28NO+. The molecule has 1 aliphatic heterocycles. The molecular weight excluding hydrogens is 210 g/mol. The number of hydrogen-bond donors (Lipinski definition) is 1. The Morgan fingerprint density at radius 2 is 1.65 bits per heavy atom. The number of nitrogens with zero attached hydrogens (tertiary/aromatic N) is 1. The van der Waals surface area contributed by atoms with Crippen molar-refractivity contribution < 1.29 is 9.59 Å². The molecule has 0 aromatic heterocycles.